The summed E-state index contributed by atoms with van der Waals surface area (Å²) in [5, 5.41) is 10.0. The molecular formula is C18H11F3N2O. The lowest BCUT2D eigenvalue weighted by atomic mass is 10.1. The lowest BCUT2D eigenvalue weighted by Gasteiger charge is -2.12. The van der Waals surface area contributed by atoms with Crippen LogP contribution in [-0.4, -0.2) is 4.98 Å². The molecule has 3 nitrogen and oxygen atoms in total. The molecule has 0 radical (unpaired) electrons. The third kappa shape index (κ3) is 2.76. The Morgan fingerprint density at radius 1 is 1.12 bits per heavy atom. The fourth-order valence-corrected chi connectivity index (χ4v) is 2.43. The maximum Gasteiger partial charge on any atom is 0.222 e. The predicted molar refractivity (Wildman–Crippen MR) is 81.8 cm³/mol. The van der Waals surface area contributed by atoms with E-state index >= 15 is 0 Å². The van der Waals surface area contributed by atoms with Gasteiger partial charge in [-0.1, -0.05) is 12.1 Å². The van der Waals surface area contributed by atoms with E-state index in [4.69, 9.17) is 4.74 Å². The first kappa shape index (κ1) is 15.8. The van der Waals surface area contributed by atoms with Gasteiger partial charge in [0, 0.05) is 16.3 Å². The van der Waals surface area contributed by atoms with E-state index in [1.54, 1.807) is 6.92 Å². The number of hydrogen-bond acceptors (Lipinski definition) is 3. The first-order valence-corrected chi connectivity index (χ1v) is 7.07. The molecule has 6 heteroatoms. The highest BCUT2D eigenvalue weighted by Crippen LogP contribution is 2.29. The van der Waals surface area contributed by atoms with Crippen molar-refractivity contribution in [3.8, 4) is 11.9 Å². The minimum Gasteiger partial charge on any atom is -0.472 e. The summed E-state index contributed by atoms with van der Waals surface area (Å²) in [4.78, 5) is 4.15. The van der Waals surface area contributed by atoms with Crippen LogP contribution in [0.2, 0.25) is 0 Å². The molecule has 1 heterocycles. The standard InChI is InChI=1S/C18H11F3N2O/c1-10-15(8-22)13-6-5-12(19)7-14(13)18(23-10)24-9-11-3-2-4-16(20)17(11)21/h2-7H,9H2,1H3. The summed E-state index contributed by atoms with van der Waals surface area (Å²) < 4.78 is 46.0. The summed E-state index contributed by atoms with van der Waals surface area (Å²) in [6.07, 6.45) is 0. The second kappa shape index (κ2) is 6.20. The number of rotatable bonds is 3. The Morgan fingerprint density at radius 2 is 1.92 bits per heavy atom. The Balaban J connectivity index is 2.05. The number of halogens is 3. The smallest absolute Gasteiger partial charge is 0.222 e. The summed E-state index contributed by atoms with van der Waals surface area (Å²) >= 11 is 0. The Hall–Kier alpha value is -3.07. The van der Waals surface area contributed by atoms with Crippen LogP contribution in [0.15, 0.2) is 36.4 Å². The van der Waals surface area contributed by atoms with Gasteiger partial charge in [0.15, 0.2) is 11.6 Å². The molecule has 0 saturated heterocycles. The molecule has 0 fully saturated rings. The molecule has 0 unspecified atom stereocenters. The SMILES string of the molecule is Cc1nc(OCc2cccc(F)c2F)c2cc(F)ccc2c1C#N. The van der Waals surface area contributed by atoms with Gasteiger partial charge >= 0.3 is 0 Å². The van der Waals surface area contributed by atoms with E-state index in [-0.39, 0.29) is 18.1 Å². The molecule has 0 aliphatic heterocycles. The second-order valence-corrected chi connectivity index (χ2v) is 5.18. The van der Waals surface area contributed by atoms with Crippen molar-refractivity contribution in [1.29, 1.82) is 5.26 Å². The van der Waals surface area contributed by atoms with Crippen LogP contribution >= 0.6 is 0 Å². The van der Waals surface area contributed by atoms with Crippen molar-refractivity contribution in [2.45, 2.75) is 13.5 Å². The van der Waals surface area contributed by atoms with Gasteiger partial charge in [0.05, 0.1) is 11.3 Å². The first-order chi connectivity index (χ1) is 11.5. The number of nitrogens with zero attached hydrogens (tertiary/aromatic N) is 2. The van der Waals surface area contributed by atoms with Crippen LogP contribution in [0.3, 0.4) is 0 Å². The van der Waals surface area contributed by atoms with Crippen LogP contribution in [0.4, 0.5) is 13.2 Å². The van der Waals surface area contributed by atoms with Crippen molar-refractivity contribution in [1.82, 2.24) is 4.98 Å². The molecule has 0 saturated carbocycles. The zero-order valence-electron chi connectivity index (χ0n) is 12.6. The summed E-state index contributed by atoms with van der Waals surface area (Å²) in [6.45, 7) is 1.35. The van der Waals surface area contributed by atoms with Crippen LogP contribution in [0.25, 0.3) is 10.8 Å². The molecule has 0 aliphatic carbocycles. The molecule has 0 spiro atoms. The minimum atomic E-state index is -1.00. The second-order valence-electron chi connectivity index (χ2n) is 5.18. The van der Waals surface area contributed by atoms with Gasteiger partial charge in [0.25, 0.3) is 0 Å². The van der Waals surface area contributed by atoms with Gasteiger partial charge in [-0.15, -0.1) is 0 Å². The van der Waals surface area contributed by atoms with E-state index in [1.807, 2.05) is 6.07 Å². The number of ether oxygens (including phenoxy) is 1. The largest absolute Gasteiger partial charge is 0.472 e. The fourth-order valence-electron chi connectivity index (χ4n) is 2.43. The molecule has 0 aliphatic rings. The maximum absolute atomic E-state index is 13.7. The van der Waals surface area contributed by atoms with E-state index in [0.717, 1.165) is 6.07 Å². The third-order valence-corrected chi connectivity index (χ3v) is 3.62. The molecule has 1 aromatic heterocycles. The molecule has 0 amide bonds. The third-order valence-electron chi connectivity index (χ3n) is 3.62. The summed E-state index contributed by atoms with van der Waals surface area (Å²) in [5.41, 5.74) is 0.740. The lowest BCUT2D eigenvalue weighted by Crippen LogP contribution is -2.04. The molecule has 24 heavy (non-hydrogen) atoms. The molecule has 0 N–H and O–H groups in total. The highest BCUT2D eigenvalue weighted by atomic mass is 19.2. The quantitative estimate of drug-likeness (QED) is 0.715. The van der Waals surface area contributed by atoms with E-state index in [9.17, 15) is 18.4 Å². The monoisotopic (exact) mass is 328 g/mol. The number of aromatic nitrogens is 1. The van der Waals surface area contributed by atoms with E-state index in [0.29, 0.717) is 22.0 Å². The van der Waals surface area contributed by atoms with Crippen molar-refractivity contribution >= 4 is 10.8 Å². The van der Waals surface area contributed by atoms with Gasteiger partial charge in [0.2, 0.25) is 5.88 Å². The summed E-state index contributed by atoms with van der Waals surface area (Å²) in [5.74, 6) is -2.43. The number of aryl methyl sites for hydroxylation is 1. The van der Waals surface area contributed by atoms with Crippen molar-refractivity contribution in [3.63, 3.8) is 0 Å². The van der Waals surface area contributed by atoms with E-state index in [2.05, 4.69) is 4.98 Å². The number of pyridine rings is 1. The summed E-state index contributed by atoms with van der Waals surface area (Å²) in [6, 6.07) is 9.68. The van der Waals surface area contributed by atoms with Crippen molar-refractivity contribution < 1.29 is 17.9 Å². The van der Waals surface area contributed by atoms with Gasteiger partial charge in [-0.3, -0.25) is 0 Å². The van der Waals surface area contributed by atoms with Crippen molar-refractivity contribution in [3.05, 3.63) is 70.7 Å². The Kier molecular flexibility index (Phi) is 4.09. The molecule has 2 aromatic carbocycles. The zero-order valence-corrected chi connectivity index (χ0v) is 12.6. The van der Waals surface area contributed by atoms with Gasteiger partial charge < -0.3 is 4.74 Å². The molecule has 0 atom stereocenters. The average Bonchev–Trinajstić information content (AvgIpc) is 2.56. The molecular weight excluding hydrogens is 317 g/mol. The Bertz CT molecular complexity index is 980. The van der Waals surface area contributed by atoms with Crippen LogP contribution in [0, 0.1) is 35.7 Å². The number of hydrogen-bond donors (Lipinski definition) is 0. The van der Waals surface area contributed by atoms with Gasteiger partial charge in [-0.2, -0.15) is 5.26 Å². The molecule has 3 rings (SSSR count). The average molecular weight is 328 g/mol. The highest BCUT2D eigenvalue weighted by Gasteiger charge is 2.15. The zero-order chi connectivity index (χ0) is 17.3. The molecule has 120 valence electrons. The lowest BCUT2D eigenvalue weighted by molar-refractivity contribution is 0.289. The maximum atomic E-state index is 13.7. The van der Waals surface area contributed by atoms with Gasteiger partial charge in [0.1, 0.15) is 18.5 Å². The van der Waals surface area contributed by atoms with Crippen LogP contribution in [-0.2, 0) is 6.61 Å². The Labute approximate surface area is 135 Å². The topological polar surface area (TPSA) is 45.9 Å². The number of fused-ring (bicyclic) bond motifs is 1. The van der Waals surface area contributed by atoms with Crippen LogP contribution in [0.1, 0.15) is 16.8 Å². The number of nitriles is 1. The van der Waals surface area contributed by atoms with E-state index in [1.165, 1.54) is 30.3 Å². The Morgan fingerprint density at radius 3 is 2.67 bits per heavy atom. The van der Waals surface area contributed by atoms with Gasteiger partial charge in [-0.25, -0.2) is 18.2 Å². The minimum absolute atomic E-state index is 0.0170. The van der Waals surface area contributed by atoms with Gasteiger partial charge in [-0.05, 0) is 31.2 Å². The van der Waals surface area contributed by atoms with Crippen LogP contribution < -0.4 is 4.74 Å². The van der Waals surface area contributed by atoms with Crippen LogP contribution in [0.5, 0.6) is 5.88 Å². The number of benzene rings is 2. The fraction of sp³-hybridized carbons (Fsp3) is 0.111. The molecule has 3 aromatic rings. The molecule has 0 bridgehead atoms. The predicted octanol–water partition coefficient (Wildman–Crippen LogP) is 4.41. The normalized spacial score (nSPS) is 10.6. The summed E-state index contributed by atoms with van der Waals surface area (Å²) in [7, 11) is 0. The van der Waals surface area contributed by atoms with Crippen molar-refractivity contribution in [2.75, 3.05) is 0 Å². The first-order valence-electron chi connectivity index (χ1n) is 7.07. The van der Waals surface area contributed by atoms with Crippen molar-refractivity contribution in [2.24, 2.45) is 0 Å². The highest BCUT2D eigenvalue weighted by molar-refractivity contribution is 5.92. The van der Waals surface area contributed by atoms with E-state index < -0.39 is 17.5 Å².